The van der Waals surface area contributed by atoms with Crippen LogP contribution in [0.5, 0.6) is 0 Å². The summed E-state index contributed by atoms with van der Waals surface area (Å²) >= 11 is 6.01. The van der Waals surface area contributed by atoms with Crippen molar-refractivity contribution in [1.82, 2.24) is 0 Å². The van der Waals surface area contributed by atoms with Crippen molar-refractivity contribution in [3.05, 3.63) is 28.8 Å². The van der Waals surface area contributed by atoms with Crippen molar-refractivity contribution < 1.29 is 0 Å². The van der Waals surface area contributed by atoms with E-state index in [1.165, 1.54) is 17.7 Å². The quantitative estimate of drug-likeness (QED) is 0.729. The Labute approximate surface area is 95.0 Å². The number of hydrogen-bond acceptors (Lipinski definition) is 2. The molecule has 2 N–H and O–H groups in total. The fraction of sp³-hybridized carbons (Fsp3) is 0.500. The molecule has 0 spiro atoms. The lowest BCUT2D eigenvalue weighted by Gasteiger charge is -2.36. The molecule has 1 saturated heterocycles. The highest BCUT2D eigenvalue weighted by molar-refractivity contribution is 6.30. The highest BCUT2D eigenvalue weighted by Crippen LogP contribution is 2.37. The van der Waals surface area contributed by atoms with Crippen LogP contribution in [0.4, 0.5) is 5.69 Å². The average molecular weight is 223 g/mol. The molecule has 2 atom stereocenters. The van der Waals surface area contributed by atoms with Crippen molar-refractivity contribution in [2.75, 3.05) is 11.4 Å². The smallest absolute Gasteiger partial charge is 0.0482 e. The van der Waals surface area contributed by atoms with Crippen LogP contribution in [0.3, 0.4) is 0 Å². The van der Waals surface area contributed by atoms with Crippen LogP contribution in [-0.2, 0) is 6.42 Å². The lowest BCUT2D eigenvalue weighted by molar-refractivity contribution is 0.415. The van der Waals surface area contributed by atoms with Crippen LogP contribution in [0, 0.1) is 0 Å². The summed E-state index contributed by atoms with van der Waals surface area (Å²) in [6.45, 7) is 1.15. The van der Waals surface area contributed by atoms with E-state index in [-0.39, 0.29) is 0 Å². The number of benzene rings is 1. The summed E-state index contributed by atoms with van der Waals surface area (Å²) in [6.07, 6.45) is 3.43. The van der Waals surface area contributed by atoms with Gasteiger partial charge in [-0.2, -0.15) is 0 Å². The Morgan fingerprint density at radius 1 is 1.40 bits per heavy atom. The molecule has 0 amide bonds. The number of piperidine rings is 1. The van der Waals surface area contributed by atoms with Gasteiger partial charge in [0.1, 0.15) is 0 Å². The Kier molecular flexibility index (Phi) is 2.15. The molecule has 15 heavy (non-hydrogen) atoms. The maximum Gasteiger partial charge on any atom is 0.0482 e. The minimum Gasteiger partial charge on any atom is -0.366 e. The van der Waals surface area contributed by atoms with E-state index in [1.807, 2.05) is 6.07 Å². The van der Waals surface area contributed by atoms with Crippen LogP contribution < -0.4 is 10.6 Å². The van der Waals surface area contributed by atoms with Gasteiger partial charge in [-0.1, -0.05) is 11.6 Å². The summed E-state index contributed by atoms with van der Waals surface area (Å²) in [4.78, 5) is 2.46. The Morgan fingerprint density at radius 2 is 2.27 bits per heavy atom. The molecule has 0 saturated carbocycles. The molecule has 80 valence electrons. The monoisotopic (exact) mass is 222 g/mol. The van der Waals surface area contributed by atoms with E-state index in [0.29, 0.717) is 12.1 Å². The Bertz CT molecular complexity index is 391. The third kappa shape index (κ3) is 1.44. The lowest BCUT2D eigenvalue weighted by atomic mass is 9.96. The van der Waals surface area contributed by atoms with Gasteiger partial charge in [0.05, 0.1) is 0 Å². The van der Waals surface area contributed by atoms with E-state index in [4.69, 9.17) is 17.3 Å². The molecule has 3 rings (SSSR count). The van der Waals surface area contributed by atoms with Crippen LogP contribution in [0.25, 0.3) is 0 Å². The second kappa shape index (κ2) is 3.39. The van der Waals surface area contributed by atoms with Crippen LogP contribution in [0.1, 0.15) is 18.4 Å². The molecule has 0 aromatic heterocycles. The molecule has 2 aliphatic heterocycles. The van der Waals surface area contributed by atoms with Gasteiger partial charge in [0.2, 0.25) is 0 Å². The molecular formula is C12H15ClN2. The van der Waals surface area contributed by atoms with Crippen molar-refractivity contribution in [3.8, 4) is 0 Å². The maximum absolute atomic E-state index is 6.16. The highest BCUT2D eigenvalue weighted by Gasteiger charge is 2.35. The number of nitrogens with zero attached hydrogens (tertiary/aromatic N) is 1. The van der Waals surface area contributed by atoms with Crippen LogP contribution in [0.15, 0.2) is 18.2 Å². The van der Waals surface area contributed by atoms with E-state index in [2.05, 4.69) is 17.0 Å². The van der Waals surface area contributed by atoms with Crippen molar-refractivity contribution in [1.29, 1.82) is 0 Å². The van der Waals surface area contributed by atoms with Crippen molar-refractivity contribution >= 4 is 17.3 Å². The van der Waals surface area contributed by atoms with Gasteiger partial charge in [-0.05, 0) is 43.0 Å². The second-order valence-electron chi connectivity index (χ2n) is 4.54. The molecule has 2 nitrogen and oxygen atoms in total. The summed E-state index contributed by atoms with van der Waals surface area (Å²) in [7, 11) is 0. The van der Waals surface area contributed by atoms with Gasteiger partial charge in [0.15, 0.2) is 0 Å². The topological polar surface area (TPSA) is 29.3 Å². The fourth-order valence-electron chi connectivity index (χ4n) is 2.87. The molecular weight excluding hydrogens is 208 g/mol. The van der Waals surface area contributed by atoms with E-state index < -0.39 is 0 Å². The standard InChI is InChI=1S/C12H15ClN2/c13-9-3-4-11-8(6-9)7-12-10(14)2-1-5-15(11)12/h3-4,6,10,12H,1-2,5,7,14H2. The van der Waals surface area contributed by atoms with E-state index in [0.717, 1.165) is 24.4 Å². The fourth-order valence-corrected chi connectivity index (χ4v) is 3.07. The van der Waals surface area contributed by atoms with Crippen LogP contribution in [-0.4, -0.2) is 18.6 Å². The predicted octanol–water partition coefficient (Wildman–Crippen LogP) is 2.19. The van der Waals surface area contributed by atoms with Gasteiger partial charge in [0.25, 0.3) is 0 Å². The zero-order valence-electron chi connectivity index (χ0n) is 8.62. The number of rotatable bonds is 0. The Balaban J connectivity index is 2.00. The van der Waals surface area contributed by atoms with Crippen LogP contribution in [0.2, 0.25) is 5.02 Å². The first-order chi connectivity index (χ1) is 7.25. The summed E-state index contributed by atoms with van der Waals surface area (Å²) in [6, 6.07) is 7.03. The molecule has 1 aromatic rings. The zero-order chi connectivity index (χ0) is 10.4. The minimum absolute atomic E-state index is 0.324. The molecule has 2 aliphatic rings. The number of halogens is 1. The van der Waals surface area contributed by atoms with E-state index >= 15 is 0 Å². The summed E-state index contributed by atoms with van der Waals surface area (Å²) < 4.78 is 0. The molecule has 1 aromatic carbocycles. The summed E-state index contributed by atoms with van der Waals surface area (Å²) in [5.74, 6) is 0. The maximum atomic E-state index is 6.16. The predicted molar refractivity (Wildman–Crippen MR) is 63.5 cm³/mol. The number of fused-ring (bicyclic) bond motifs is 3. The normalized spacial score (nSPS) is 28.8. The minimum atomic E-state index is 0.324. The van der Waals surface area contributed by atoms with Crippen molar-refractivity contribution in [2.24, 2.45) is 5.73 Å². The number of hydrogen-bond donors (Lipinski definition) is 1. The van der Waals surface area contributed by atoms with Gasteiger partial charge in [-0.15, -0.1) is 0 Å². The van der Waals surface area contributed by atoms with Gasteiger partial charge in [-0.25, -0.2) is 0 Å². The molecule has 3 heteroatoms. The third-order valence-electron chi connectivity index (χ3n) is 3.61. The van der Waals surface area contributed by atoms with Crippen molar-refractivity contribution in [3.63, 3.8) is 0 Å². The molecule has 2 heterocycles. The molecule has 1 fully saturated rings. The zero-order valence-corrected chi connectivity index (χ0v) is 9.37. The first-order valence-corrected chi connectivity index (χ1v) is 5.94. The highest BCUT2D eigenvalue weighted by atomic mass is 35.5. The Hall–Kier alpha value is -0.730. The average Bonchev–Trinajstić information content (AvgIpc) is 2.57. The molecule has 0 bridgehead atoms. The van der Waals surface area contributed by atoms with E-state index in [1.54, 1.807) is 0 Å². The Morgan fingerprint density at radius 3 is 3.13 bits per heavy atom. The summed E-state index contributed by atoms with van der Waals surface area (Å²) in [5.41, 5.74) is 8.88. The van der Waals surface area contributed by atoms with Gasteiger partial charge in [-0.3, -0.25) is 0 Å². The first-order valence-electron chi connectivity index (χ1n) is 5.56. The molecule has 2 unspecified atom stereocenters. The lowest BCUT2D eigenvalue weighted by Crippen LogP contribution is -2.50. The first kappa shape index (κ1) is 9.49. The van der Waals surface area contributed by atoms with Gasteiger partial charge in [0, 0.05) is 29.3 Å². The SMILES string of the molecule is NC1CCCN2c3ccc(Cl)cc3CC12. The number of nitrogens with two attached hydrogens (primary N) is 1. The third-order valence-corrected chi connectivity index (χ3v) is 3.85. The summed E-state index contributed by atoms with van der Waals surface area (Å²) in [5, 5.41) is 0.835. The number of anilines is 1. The largest absolute Gasteiger partial charge is 0.366 e. The van der Waals surface area contributed by atoms with Gasteiger partial charge >= 0.3 is 0 Å². The van der Waals surface area contributed by atoms with Crippen molar-refractivity contribution in [2.45, 2.75) is 31.3 Å². The van der Waals surface area contributed by atoms with E-state index in [9.17, 15) is 0 Å². The molecule has 0 radical (unpaired) electrons. The second-order valence-corrected chi connectivity index (χ2v) is 4.98. The van der Waals surface area contributed by atoms with Gasteiger partial charge < -0.3 is 10.6 Å². The van der Waals surface area contributed by atoms with Crippen LogP contribution >= 0.6 is 11.6 Å². The molecule has 0 aliphatic carbocycles.